The Kier molecular flexibility index (Phi) is 3.12. The van der Waals surface area contributed by atoms with Crippen LogP contribution in [0.15, 0.2) is 11.4 Å². The van der Waals surface area contributed by atoms with Crippen LogP contribution in [0, 0.1) is 0 Å². The van der Waals surface area contributed by atoms with Crippen LogP contribution in [0.4, 0.5) is 0 Å². The van der Waals surface area contributed by atoms with Crippen molar-refractivity contribution in [3.63, 3.8) is 0 Å². The number of aromatic nitrogens is 2. The molecule has 3 rings (SSSR count). The van der Waals surface area contributed by atoms with Gasteiger partial charge in [-0.1, -0.05) is 11.6 Å². The number of hydrogen-bond donors (Lipinski definition) is 1. The summed E-state index contributed by atoms with van der Waals surface area (Å²) < 4.78 is 28.3. The highest BCUT2D eigenvalue weighted by atomic mass is 35.5. The Balaban J connectivity index is 2.00. The maximum atomic E-state index is 12.7. The third-order valence-electron chi connectivity index (χ3n) is 4.00. The molecule has 19 heavy (non-hydrogen) atoms. The van der Waals surface area contributed by atoms with E-state index in [9.17, 15) is 13.5 Å². The highest BCUT2D eigenvalue weighted by molar-refractivity contribution is 7.89. The number of piperidine rings is 1. The molecule has 2 unspecified atom stereocenters. The van der Waals surface area contributed by atoms with E-state index in [1.165, 1.54) is 15.2 Å². The molecule has 6 nitrogen and oxygen atoms in total. The summed E-state index contributed by atoms with van der Waals surface area (Å²) in [6, 6.07) is -0.256. The molecule has 2 bridgehead atoms. The van der Waals surface area contributed by atoms with E-state index in [1.54, 1.807) is 7.05 Å². The molecule has 8 heteroatoms. The van der Waals surface area contributed by atoms with Crippen molar-refractivity contribution in [3.8, 4) is 0 Å². The molecule has 1 aromatic rings. The van der Waals surface area contributed by atoms with Crippen molar-refractivity contribution in [1.29, 1.82) is 0 Å². The van der Waals surface area contributed by atoms with Crippen molar-refractivity contribution in [2.75, 3.05) is 0 Å². The van der Waals surface area contributed by atoms with Crippen LogP contribution in [0.25, 0.3) is 0 Å². The van der Waals surface area contributed by atoms with Gasteiger partial charge in [0.2, 0.25) is 5.03 Å². The van der Waals surface area contributed by atoms with Gasteiger partial charge in [0.25, 0.3) is 10.0 Å². The minimum absolute atomic E-state index is 0.0787. The van der Waals surface area contributed by atoms with Gasteiger partial charge in [0, 0.05) is 19.1 Å². The van der Waals surface area contributed by atoms with E-state index < -0.39 is 16.1 Å². The highest BCUT2D eigenvalue weighted by Gasteiger charge is 2.48. The number of fused-ring (bicyclic) bond motifs is 2. The monoisotopic (exact) mass is 305 g/mol. The van der Waals surface area contributed by atoms with Gasteiger partial charge in [-0.15, -0.1) is 0 Å². The summed E-state index contributed by atoms with van der Waals surface area (Å²) in [4.78, 5) is 3.92. The lowest BCUT2D eigenvalue weighted by Crippen LogP contribution is -2.48. The number of hydrogen-bond acceptors (Lipinski definition) is 4. The zero-order valence-electron chi connectivity index (χ0n) is 10.5. The van der Waals surface area contributed by atoms with Crippen LogP contribution < -0.4 is 0 Å². The quantitative estimate of drug-likeness (QED) is 0.875. The van der Waals surface area contributed by atoms with Gasteiger partial charge in [-0.3, -0.25) is 0 Å². The third-order valence-corrected chi connectivity index (χ3v) is 6.49. The Hall–Kier alpha value is -0.630. The predicted molar refractivity (Wildman–Crippen MR) is 69.3 cm³/mol. The van der Waals surface area contributed by atoms with Crippen molar-refractivity contribution in [2.45, 2.75) is 48.9 Å². The fraction of sp³-hybridized carbons (Fsp3) is 0.727. The smallest absolute Gasteiger partial charge is 0.264 e. The zero-order valence-corrected chi connectivity index (χ0v) is 12.1. The van der Waals surface area contributed by atoms with Crippen LogP contribution in [0.5, 0.6) is 0 Å². The Morgan fingerprint density at radius 1 is 1.37 bits per heavy atom. The van der Waals surface area contributed by atoms with E-state index in [2.05, 4.69) is 4.98 Å². The van der Waals surface area contributed by atoms with E-state index in [-0.39, 0.29) is 22.3 Å². The third kappa shape index (κ3) is 1.99. The summed E-state index contributed by atoms with van der Waals surface area (Å²) in [5.74, 6) is 0. The molecular formula is C11H16ClN3O3S. The second-order valence-electron chi connectivity index (χ2n) is 5.30. The minimum atomic E-state index is -3.67. The summed E-state index contributed by atoms with van der Waals surface area (Å²) in [5.41, 5.74) is 0. The molecule has 0 amide bonds. The maximum Gasteiger partial charge on any atom is 0.264 e. The fourth-order valence-corrected chi connectivity index (χ4v) is 5.45. The Morgan fingerprint density at radius 2 is 1.95 bits per heavy atom. The SMILES string of the molecule is Cn1cnc(S(=O)(=O)N2C3CCC2CC(O)C3)c1Cl. The Bertz CT molecular complexity index is 586. The molecule has 0 spiro atoms. The lowest BCUT2D eigenvalue weighted by Gasteiger charge is -2.35. The molecule has 2 atom stereocenters. The molecule has 2 fully saturated rings. The van der Waals surface area contributed by atoms with Crippen LogP contribution in [-0.4, -0.2) is 45.6 Å². The molecule has 2 aliphatic rings. The summed E-state index contributed by atoms with van der Waals surface area (Å²) in [6.45, 7) is 0. The van der Waals surface area contributed by atoms with Crippen molar-refractivity contribution < 1.29 is 13.5 Å². The molecular weight excluding hydrogens is 290 g/mol. The topological polar surface area (TPSA) is 75.4 Å². The minimum Gasteiger partial charge on any atom is -0.393 e. The summed E-state index contributed by atoms with van der Waals surface area (Å²) in [7, 11) is -2.02. The van der Waals surface area contributed by atoms with Gasteiger partial charge >= 0.3 is 0 Å². The van der Waals surface area contributed by atoms with Crippen molar-refractivity contribution in [1.82, 2.24) is 13.9 Å². The number of halogens is 1. The molecule has 1 N–H and O–H groups in total. The molecule has 106 valence electrons. The molecule has 1 aromatic heterocycles. The van der Waals surface area contributed by atoms with Crippen molar-refractivity contribution in [3.05, 3.63) is 11.5 Å². The van der Waals surface area contributed by atoms with Crippen LogP contribution in [0.3, 0.4) is 0 Å². The molecule has 2 aliphatic heterocycles. The lowest BCUT2D eigenvalue weighted by atomic mass is 10.0. The molecule has 0 aromatic carbocycles. The Morgan fingerprint density at radius 3 is 2.42 bits per heavy atom. The van der Waals surface area contributed by atoms with Crippen molar-refractivity contribution >= 4 is 21.6 Å². The maximum absolute atomic E-state index is 12.7. The van der Waals surface area contributed by atoms with Gasteiger partial charge in [0.05, 0.1) is 12.4 Å². The van der Waals surface area contributed by atoms with E-state index in [1.807, 2.05) is 0 Å². The summed E-state index contributed by atoms with van der Waals surface area (Å²) in [6.07, 6.45) is 3.59. The van der Waals surface area contributed by atoms with E-state index >= 15 is 0 Å². The first-order valence-electron chi connectivity index (χ1n) is 6.29. The number of aryl methyl sites for hydroxylation is 1. The van der Waals surface area contributed by atoms with Gasteiger partial charge in [-0.2, -0.15) is 4.31 Å². The average molecular weight is 306 g/mol. The van der Waals surface area contributed by atoms with Gasteiger partial charge in [-0.25, -0.2) is 13.4 Å². The first-order chi connectivity index (χ1) is 8.91. The molecule has 0 radical (unpaired) electrons. The van der Waals surface area contributed by atoms with Gasteiger partial charge < -0.3 is 9.67 Å². The predicted octanol–water partition coefficient (Wildman–Crippen LogP) is 0.750. The van der Waals surface area contributed by atoms with Crippen LogP contribution in [0.2, 0.25) is 5.15 Å². The number of aliphatic hydroxyl groups is 1. The average Bonchev–Trinajstić information content (AvgIpc) is 2.80. The Labute approximate surface area is 117 Å². The molecule has 0 aliphatic carbocycles. The van der Waals surface area contributed by atoms with Gasteiger partial charge in [-0.05, 0) is 25.7 Å². The zero-order chi connectivity index (χ0) is 13.8. The van der Waals surface area contributed by atoms with E-state index in [0.29, 0.717) is 12.8 Å². The standard InChI is InChI=1S/C11H16ClN3O3S/c1-14-6-13-11(10(14)12)19(17,18)15-7-2-3-8(15)5-9(16)4-7/h6-9,16H,2-5H2,1H3. The van der Waals surface area contributed by atoms with Gasteiger partial charge in [0.1, 0.15) is 5.15 Å². The van der Waals surface area contributed by atoms with Crippen molar-refractivity contribution in [2.24, 2.45) is 7.05 Å². The number of rotatable bonds is 2. The number of sulfonamides is 1. The van der Waals surface area contributed by atoms with Crippen LogP contribution in [-0.2, 0) is 17.1 Å². The molecule has 0 saturated carbocycles. The first kappa shape index (κ1) is 13.4. The summed E-state index contributed by atoms with van der Waals surface area (Å²) in [5, 5.41) is 9.79. The fourth-order valence-electron chi connectivity index (χ4n) is 3.16. The van der Waals surface area contributed by atoms with Crippen LogP contribution in [0.1, 0.15) is 25.7 Å². The normalized spacial score (nSPS) is 31.8. The van der Waals surface area contributed by atoms with Gasteiger partial charge in [0.15, 0.2) is 0 Å². The molecule has 2 saturated heterocycles. The second-order valence-corrected chi connectivity index (χ2v) is 7.41. The largest absolute Gasteiger partial charge is 0.393 e. The number of imidazole rings is 1. The van der Waals surface area contributed by atoms with E-state index in [4.69, 9.17) is 11.6 Å². The molecule has 3 heterocycles. The highest BCUT2D eigenvalue weighted by Crippen LogP contribution is 2.40. The first-order valence-corrected chi connectivity index (χ1v) is 8.11. The second kappa shape index (κ2) is 4.44. The number of nitrogens with zero attached hydrogens (tertiary/aromatic N) is 3. The van der Waals surface area contributed by atoms with Crippen LogP contribution >= 0.6 is 11.6 Å². The lowest BCUT2D eigenvalue weighted by molar-refractivity contribution is 0.0767. The summed E-state index contributed by atoms with van der Waals surface area (Å²) >= 11 is 6.00. The van der Waals surface area contributed by atoms with E-state index in [0.717, 1.165) is 12.8 Å². The number of aliphatic hydroxyl groups excluding tert-OH is 1.